The van der Waals surface area contributed by atoms with Crippen LogP contribution in [0.2, 0.25) is 0 Å². The van der Waals surface area contributed by atoms with Gasteiger partial charge in [0.25, 0.3) is 0 Å². The molecule has 0 saturated carbocycles. The van der Waals surface area contributed by atoms with Crippen molar-refractivity contribution >= 4 is 17.7 Å². The molecule has 1 amide bonds. The third-order valence-electron chi connectivity index (χ3n) is 4.11. The minimum atomic E-state index is -0.0747. The third-order valence-corrected chi connectivity index (χ3v) is 5.06. The topological polar surface area (TPSA) is 58.4 Å². The van der Waals surface area contributed by atoms with Crippen LogP contribution in [-0.2, 0) is 11.4 Å². The van der Waals surface area contributed by atoms with Crippen LogP contribution >= 0.6 is 11.8 Å². The maximum atomic E-state index is 12.2. The Morgan fingerprint density at radius 2 is 1.96 bits per heavy atom. The number of hydrogen-bond donors (Lipinski definition) is 1. The number of carbonyl (C=O) groups is 1. The smallest absolute Gasteiger partial charge is 0.233 e. The second-order valence-corrected chi connectivity index (χ2v) is 6.44. The van der Waals surface area contributed by atoms with Crippen molar-refractivity contribution < 1.29 is 9.90 Å². The van der Waals surface area contributed by atoms with E-state index in [0.29, 0.717) is 18.8 Å². The fraction of sp³-hybridized carbons (Fsp3) is 0.444. The van der Waals surface area contributed by atoms with Crippen LogP contribution < -0.4 is 0 Å². The van der Waals surface area contributed by atoms with Gasteiger partial charge in [0.05, 0.1) is 30.3 Å². The Kier molecular flexibility index (Phi) is 6.87. The molecule has 130 valence electrons. The second-order valence-electron chi connectivity index (χ2n) is 5.50. The maximum Gasteiger partial charge on any atom is 0.233 e. The number of aliphatic hydroxyl groups excluding tert-OH is 1. The molecule has 1 aromatic heterocycles. The highest BCUT2D eigenvalue weighted by Gasteiger charge is 2.19. The van der Waals surface area contributed by atoms with Gasteiger partial charge in [-0.25, -0.2) is 4.98 Å². The van der Waals surface area contributed by atoms with Crippen molar-refractivity contribution in [2.75, 3.05) is 18.8 Å². The van der Waals surface area contributed by atoms with Gasteiger partial charge in [-0.15, -0.1) is 0 Å². The SMILES string of the molecule is CCN(CC)C(=O)CSc1ncc(CO)n1C(C)c1ccccc1. The summed E-state index contributed by atoms with van der Waals surface area (Å²) in [6.07, 6.45) is 1.68. The van der Waals surface area contributed by atoms with E-state index in [-0.39, 0.29) is 18.6 Å². The van der Waals surface area contributed by atoms with Crippen molar-refractivity contribution in [3.63, 3.8) is 0 Å². The van der Waals surface area contributed by atoms with Gasteiger partial charge in [0.1, 0.15) is 0 Å². The molecule has 0 saturated heterocycles. The summed E-state index contributed by atoms with van der Waals surface area (Å²) < 4.78 is 2.01. The first-order chi connectivity index (χ1) is 11.6. The average Bonchev–Trinajstić information content (AvgIpc) is 3.04. The number of rotatable bonds is 8. The Hall–Kier alpha value is -1.79. The van der Waals surface area contributed by atoms with Crippen LogP contribution in [0.3, 0.4) is 0 Å². The quantitative estimate of drug-likeness (QED) is 0.746. The van der Waals surface area contributed by atoms with Crippen LogP contribution in [0.1, 0.15) is 38.1 Å². The molecule has 0 bridgehead atoms. The van der Waals surface area contributed by atoms with E-state index in [1.807, 2.05) is 41.5 Å². The van der Waals surface area contributed by atoms with Gasteiger partial charge in [0.15, 0.2) is 5.16 Å². The van der Waals surface area contributed by atoms with Crippen molar-refractivity contribution in [1.82, 2.24) is 14.5 Å². The summed E-state index contributed by atoms with van der Waals surface area (Å²) in [6.45, 7) is 7.39. The average molecular weight is 347 g/mol. The molecule has 1 atom stereocenters. The molecule has 5 nitrogen and oxygen atoms in total. The Bertz CT molecular complexity index is 654. The summed E-state index contributed by atoms with van der Waals surface area (Å²) >= 11 is 1.42. The highest BCUT2D eigenvalue weighted by molar-refractivity contribution is 7.99. The van der Waals surface area contributed by atoms with Crippen LogP contribution in [0.25, 0.3) is 0 Å². The molecule has 0 aliphatic carbocycles. The summed E-state index contributed by atoms with van der Waals surface area (Å²) in [7, 11) is 0. The summed E-state index contributed by atoms with van der Waals surface area (Å²) in [4.78, 5) is 18.4. The lowest BCUT2D eigenvalue weighted by molar-refractivity contribution is -0.127. The molecular weight excluding hydrogens is 322 g/mol. The summed E-state index contributed by atoms with van der Waals surface area (Å²) in [5.74, 6) is 0.461. The number of thioether (sulfide) groups is 1. The Labute approximate surface area is 147 Å². The minimum Gasteiger partial charge on any atom is -0.390 e. The summed E-state index contributed by atoms with van der Waals surface area (Å²) in [5, 5.41) is 10.4. The predicted octanol–water partition coefficient (Wildman–Crippen LogP) is 2.95. The molecule has 0 fully saturated rings. The molecule has 0 aliphatic rings. The second kappa shape index (κ2) is 8.89. The van der Waals surface area contributed by atoms with Crippen LogP contribution in [-0.4, -0.2) is 44.3 Å². The maximum absolute atomic E-state index is 12.2. The lowest BCUT2D eigenvalue weighted by Gasteiger charge is -2.20. The van der Waals surface area contributed by atoms with Crippen LogP contribution in [0.15, 0.2) is 41.7 Å². The van der Waals surface area contributed by atoms with Crippen molar-refractivity contribution in [3.8, 4) is 0 Å². The number of nitrogens with zero attached hydrogens (tertiary/aromatic N) is 3. The molecule has 0 aliphatic heterocycles. The van der Waals surface area contributed by atoms with E-state index in [0.717, 1.165) is 16.4 Å². The highest BCUT2D eigenvalue weighted by Crippen LogP contribution is 2.27. The monoisotopic (exact) mass is 347 g/mol. The minimum absolute atomic E-state index is 0.0434. The number of imidazole rings is 1. The first kappa shape index (κ1) is 18.5. The molecule has 6 heteroatoms. The van der Waals surface area contributed by atoms with Crippen molar-refractivity contribution in [2.24, 2.45) is 0 Å². The molecule has 2 aromatic rings. The molecule has 1 N–H and O–H groups in total. The van der Waals surface area contributed by atoms with E-state index in [9.17, 15) is 9.90 Å². The van der Waals surface area contributed by atoms with Gasteiger partial charge < -0.3 is 14.6 Å². The molecular formula is C18H25N3O2S. The fourth-order valence-corrected chi connectivity index (χ4v) is 3.67. The summed E-state index contributed by atoms with van der Waals surface area (Å²) in [5.41, 5.74) is 1.89. The van der Waals surface area contributed by atoms with E-state index >= 15 is 0 Å². The molecule has 24 heavy (non-hydrogen) atoms. The zero-order valence-electron chi connectivity index (χ0n) is 14.5. The third kappa shape index (κ3) is 4.19. The molecule has 1 heterocycles. The zero-order valence-corrected chi connectivity index (χ0v) is 15.3. The molecule has 1 aromatic carbocycles. The van der Waals surface area contributed by atoms with Crippen LogP contribution in [0.5, 0.6) is 0 Å². The van der Waals surface area contributed by atoms with Gasteiger partial charge in [-0.05, 0) is 26.3 Å². The number of aromatic nitrogens is 2. The number of benzene rings is 1. The van der Waals surface area contributed by atoms with Gasteiger partial charge in [0, 0.05) is 13.1 Å². The van der Waals surface area contributed by atoms with Gasteiger partial charge in [-0.1, -0.05) is 42.1 Å². The van der Waals surface area contributed by atoms with E-state index in [1.165, 1.54) is 11.8 Å². The predicted molar refractivity (Wildman–Crippen MR) is 97.1 cm³/mol. The normalized spacial score (nSPS) is 12.2. The fourth-order valence-electron chi connectivity index (χ4n) is 2.69. The van der Waals surface area contributed by atoms with E-state index < -0.39 is 0 Å². The first-order valence-electron chi connectivity index (χ1n) is 8.24. The summed E-state index contributed by atoms with van der Waals surface area (Å²) in [6, 6.07) is 10.1. The van der Waals surface area contributed by atoms with Crippen molar-refractivity contribution in [2.45, 2.75) is 38.6 Å². The number of aliphatic hydroxyl groups is 1. The number of hydrogen-bond acceptors (Lipinski definition) is 4. The highest BCUT2D eigenvalue weighted by atomic mass is 32.2. The van der Waals surface area contributed by atoms with E-state index in [1.54, 1.807) is 6.20 Å². The largest absolute Gasteiger partial charge is 0.390 e. The van der Waals surface area contributed by atoms with Crippen LogP contribution in [0, 0.1) is 0 Å². The molecule has 0 spiro atoms. The standard InChI is InChI=1S/C18H25N3O2S/c1-4-20(5-2)17(23)13-24-18-19-11-16(12-22)21(18)14(3)15-9-7-6-8-10-15/h6-11,14,22H,4-5,12-13H2,1-3H3. The van der Waals surface area contributed by atoms with E-state index in [2.05, 4.69) is 24.0 Å². The Morgan fingerprint density at radius 1 is 1.29 bits per heavy atom. The van der Waals surface area contributed by atoms with Gasteiger partial charge >= 0.3 is 0 Å². The number of carbonyl (C=O) groups excluding carboxylic acids is 1. The molecule has 1 unspecified atom stereocenters. The lowest BCUT2D eigenvalue weighted by Crippen LogP contribution is -2.32. The molecule has 0 radical (unpaired) electrons. The molecule has 2 rings (SSSR count). The Morgan fingerprint density at radius 3 is 2.54 bits per heavy atom. The van der Waals surface area contributed by atoms with Gasteiger partial charge in [-0.2, -0.15) is 0 Å². The van der Waals surface area contributed by atoms with Gasteiger partial charge in [0.2, 0.25) is 5.91 Å². The van der Waals surface area contributed by atoms with Crippen molar-refractivity contribution in [1.29, 1.82) is 0 Å². The van der Waals surface area contributed by atoms with E-state index in [4.69, 9.17) is 0 Å². The van der Waals surface area contributed by atoms with Gasteiger partial charge in [-0.3, -0.25) is 4.79 Å². The zero-order chi connectivity index (χ0) is 17.5. The van der Waals surface area contributed by atoms with Crippen LogP contribution in [0.4, 0.5) is 0 Å². The Balaban J connectivity index is 2.20. The first-order valence-corrected chi connectivity index (χ1v) is 9.23. The number of amides is 1. The van der Waals surface area contributed by atoms with Crippen molar-refractivity contribution in [3.05, 3.63) is 47.8 Å². The lowest BCUT2D eigenvalue weighted by atomic mass is 10.1.